The fraction of sp³-hybridized carbons (Fsp3) is 0.400. The molecule has 0 saturated heterocycles. The number of nitrogens with two attached hydrogens (primary N) is 1. The Labute approximate surface area is 174 Å². The van der Waals surface area contributed by atoms with Crippen LogP contribution in [-0.2, 0) is 22.8 Å². The smallest absolute Gasteiger partial charge is 0.256 e. The summed E-state index contributed by atoms with van der Waals surface area (Å²) in [5.74, 6) is -0.971. The zero-order chi connectivity index (χ0) is 21.3. The maximum Gasteiger partial charge on any atom is 0.256 e. The predicted molar refractivity (Wildman–Crippen MR) is 114 cm³/mol. The first-order valence-electron chi connectivity index (χ1n) is 9.46. The molecule has 1 aliphatic heterocycles. The molecule has 0 aliphatic carbocycles. The highest BCUT2D eigenvalue weighted by atomic mass is 32.2. The van der Waals surface area contributed by atoms with E-state index in [-0.39, 0.29) is 10.6 Å². The van der Waals surface area contributed by atoms with Crippen LogP contribution in [0.5, 0.6) is 0 Å². The van der Waals surface area contributed by atoms with Gasteiger partial charge in [-0.25, -0.2) is 8.42 Å². The van der Waals surface area contributed by atoms with Crippen LogP contribution in [0.2, 0.25) is 0 Å². The van der Waals surface area contributed by atoms with E-state index >= 15 is 0 Å². The summed E-state index contributed by atoms with van der Waals surface area (Å²) in [7, 11) is -3.33. The number of rotatable bonds is 6. The van der Waals surface area contributed by atoms with E-state index in [0.29, 0.717) is 28.6 Å². The summed E-state index contributed by atoms with van der Waals surface area (Å²) in [6, 6.07) is 6.16. The number of fused-ring (bicyclic) bond motifs is 1. The Bertz CT molecular complexity index is 1040. The van der Waals surface area contributed by atoms with Crippen molar-refractivity contribution in [1.29, 1.82) is 0 Å². The average Bonchev–Trinajstić information content (AvgIpc) is 3.05. The minimum atomic E-state index is -3.33. The lowest BCUT2D eigenvalue weighted by Crippen LogP contribution is -2.35. The number of sulfone groups is 1. The summed E-state index contributed by atoms with van der Waals surface area (Å²) in [6.45, 7) is 7.37. The van der Waals surface area contributed by atoms with E-state index in [1.807, 2.05) is 0 Å². The van der Waals surface area contributed by atoms with Gasteiger partial charge in [0, 0.05) is 29.6 Å². The van der Waals surface area contributed by atoms with Crippen molar-refractivity contribution in [2.24, 2.45) is 5.73 Å². The molecular formula is C20H25N3O4S2. The summed E-state index contributed by atoms with van der Waals surface area (Å²) in [4.78, 5) is 28.3. The van der Waals surface area contributed by atoms with Crippen molar-refractivity contribution in [3.8, 4) is 0 Å². The monoisotopic (exact) mass is 435 g/mol. The van der Waals surface area contributed by atoms with Crippen molar-refractivity contribution >= 4 is 38.0 Å². The number of hydrogen-bond acceptors (Lipinski definition) is 6. The Morgan fingerprint density at radius 3 is 2.45 bits per heavy atom. The third kappa shape index (κ3) is 4.36. The van der Waals surface area contributed by atoms with Crippen LogP contribution >= 0.6 is 11.3 Å². The largest absolute Gasteiger partial charge is 0.365 e. The molecule has 0 atom stereocenters. The summed E-state index contributed by atoms with van der Waals surface area (Å²) >= 11 is 1.38. The maximum absolute atomic E-state index is 12.7. The molecule has 29 heavy (non-hydrogen) atoms. The second kappa shape index (κ2) is 8.25. The molecule has 0 saturated carbocycles. The Morgan fingerprint density at radius 1 is 1.24 bits per heavy atom. The number of primary amides is 1. The van der Waals surface area contributed by atoms with Gasteiger partial charge in [0.2, 0.25) is 0 Å². The topological polar surface area (TPSA) is 110 Å². The number of nitrogens with one attached hydrogen (secondary N) is 1. The molecule has 9 heteroatoms. The number of thiophene rings is 1. The van der Waals surface area contributed by atoms with E-state index in [9.17, 15) is 18.0 Å². The molecule has 3 rings (SSSR count). The van der Waals surface area contributed by atoms with E-state index < -0.39 is 21.7 Å². The minimum Gasteiger partial charge on any atom is -0.365 e. The quantitative estimate of drug-likeness (QED) is 0.725. The normalized spacial score (nSPS) is 14.6. The van der Waals surface area contributed by atoms with Crippen molar-refractivity contribution in [2.75, 3.05) is 17.6 Å². The zero-order valence-corrected chi connectivity index (χ0v) is 18.3. The van der Waals surface area contributed by atoms with Crippen LogP contribution in [0.25, 0.3) is 0 Å². The first kappa shape index (κ1) is 21.5. The minimum absolute atomic E-state index is 0.00530. The van der Waals surface area contributed by atoms with Crippen LogP contribution in [0, 0.1) is 0 Å². The van der Waals surface area contributed by atoms with Gasteiger partial charge in [0.25, 0.3) is 11.8 Å². The van der Waals surface area contributed by atoms with E-state index in [1.54, 1.807) is 6.92 Å². The first-order chi connectivity index (χ1) is 13.6. The number of carbonyl (C=O) groups is 2. The Morgan fingerprint density at radius 2 is 1.90 bits per heavy atom. The second-order valence-electron chi connectivity index (χ2n) is 7.27. The standard InChI is InChI=1S/C20H25N3O4S2/c1-4-29(26,27)14-7-5-13(6-8-14)19(25)22-20-17(18(21)24)15-9-10-23(12(2)3)11-16(15)28-20/h5-8,12H,4,9-11H2,1-3H3,(H2,21,24)(H,22,25). The summed E-state index contributed by atoms with van der Waals surface area (Å²) in [5, 5.41) is 3.24. The van der Waals surface area contributed by atoms with Gasteiger partial charge >= 0.3 is 0 Å². The Balaban J connectivity index is 1.86. The van der Waals surface area contributed by atoms with Gasteiger partial charge in [0.05, 0.1) is 16.2 Å². The molecule has 2 amide bonds. The van der Waals surface area contributed by atoms with Gasteiger partial charge in [-0.05, 0) is 50.1 Å². The van der Waals surface area contributed by atoms with Gasteiger partial charge in [0.15, 0.2) is 9.84 Å². The number of carbonyl (C=O) groups excluding carboxylic acids is 2. The fourth-order valence-electron chi connectivity index (χ4n) is 3.37. The van der Waals surface area contributed by atoms with Crippen LogP contribution in [0.1, 0.15) is 51.9 Å². The summed E-state index contributed by atoms with van der Waals surface area (Å²) in [5.41, 5.74) is 7.22. The van der Waals surface area contributed by atoms with Gasteiger partial charge in [-0.3, -0.25) is 14.5 Å². The third-order valence-corrected chi connectivity index (χ3v) is 8.03. The van der Waals surface area contributed by atoms with Crippen LogP contribution in [0.3, 0.4) is 0 Å². The maximum atomic E-state index is 12.7. The first-order valence-corrected chi connectivity index (χ1v) is 11.9. The van der Waals surface area contributed by atoms with Crippen LogP contribution in [0.4, 0.5) is 5.00 Å². The molecule has 0 bridgehead atoms. The van der Waals surface area contributed by atoms with Crippen molar-refractivity contribution in [3.05, 3.63) is 45.8 Å². The molecule has 1 aliphatic rings. The zero-order valence-electron chi connectivity index (χ0n) is 16.7. The number of nitrogens with zero attached hydrogens (tertiary/aromatic N) is 1. The number of benzene rings is 1. The second-order valence-corrected chi connectivity index (χ2v) is 10.7. The third-order valence-electron chi connectivity index (χ3n) is 5.15. The number of anilines is 1. The van der Waals surface area contributed by atoms with Crippen LogP contribution < -0.4 is 11.1 Å². The molecule has 2 aromatic rings. The van der Waals surface area contributed by atoms with Gasteiger partial charge in [0.1, 0.15) is 5.00 Å². The molecule has 3 N–H and O–H groups in total. The molecule has 0 radical (unpaired) electrons. The lowest BCUT2D eigenvalue weighted by molar-refractivity contribution is 0.0999. The molecule has 7 nitrogen and oxygen atoms in total. The molecule has 156 valence electrons. The van der Waals surface area contributed by atoms with E-state index in [2.05, 4.69) is 24.1 Å². The highest BCUT2D eigenvalue weighted by molar-refractivity contribution is 7.91. The molecule has 1 aromatic carbocycles. The van der Waals surface area contributed by atoms with Crippen LogP contribution in [0.15, 0.2) is 29.2 Å². The van der Waals surface area contributed by atoms with Crippen LogP contribution in [-0.4, -0.2) is 43.5 Å². The molecule has 0 unspecified atom stereocenters. The SMILES string of the molecule is CCS(=O)(=O)c1ccc(C(=O)Nc2sc3c(c2C(N)=O)CCN(C(C)C)C3)cc1. The lowest BCUT2D eigenvalue weighted by atomic mass is 10.0. The Hall–Kier alpha value is -2.23. The van der Waals surface area contributed by atoms with Crippen molar-refractivity contribution in [2.45, 2.75) is 44.7 Å². The van der Waals surface area contributed by atoms with E-state index in [4.69, 9.17) is 5.73 Å². The molecule has 0 fully saturated rings. The van der Waals surface area contributed by atoms with Gasteiger partial charge < -0.3 is 11.1 Å². The predicted octanol–water partition coefficient (Wildman–Crippen LogP) is 2.66. The number of hydrogen-bond donors (Lipinski definition) is 2. The summed E-state index contributed by atoms with van der Waals surface area (Å²) in [6.07, 6.45) is 0.710. The lowest BCUT2D eigenvalue weighted by Gasteiger charge is -2.30. The molecule has 0 spiro atoms. The fourth-order valence-corrected chi connectivity index (χ4v) is 5.53. The van der Waals surface area contributed by atoms with Gasteiger partial charge in [-0.1, -0.05) is 6.92 Å². The van der Waals surface area contributed by atoms with Crippen molar-refractivity contribution in [3.63, 3.8) is 0 Å². The summed E-state index contributed by atoms with van der Waals surface area (Å²) < 4.78 is 23.9. The van der Waals surface area contributed by atoms with E-state index in [1.165, 1.54) is 35.6 Å². The van der Waals surface area contributed by atoms with Crippen molar-refractivity contribution in [1.82, 2.24) is 4.90 Å². The average molecular weight is 436 g/mol. The van der Waals surface area contributed by atoms with E-state index in [0.717, 1.165) is 23.5 Å². The van der Waals surface area contributed by atoms with Crippen molar-refractivity contribution < 1.29 is 18.0 Å². The van der Waals surface area contributed by atoms with Gasteiger partial charge in [-0.15, -0.1) is 11.3 Å². The Kier molecular flexibility index (Phi) is 6.11. The molecule has 1 aromatic heterocycles. The highest BCUT2D eigenvalue weighted by Crippen LogP contribution is 2.37. The molecular weight excluding hydrogens is 410 g/mol. The molecule has 2 heterocycles. The number of amides is 2. The highest BCUT2D eigenvalue weighted by Gasteiger charge is 2.28. The van der Waals surface area contributed by atoms with Gasteiger partial charge in [-0.2, -0.15) is 0 Å².